The Hall–Kier alpha value is -3.33. The largest absolute Gasteiger partial charge is 0.347 e. The van der Waals surface area contributed by atoms with Crippen LogP contribution in [0, 0.1) is 6.92 Å². The second-order valence-electron chi connectivity index (χ2n) is 7.35. The van der Waals surface area contributed by atoms with E-state index in [0.29, 0.717) is 11.5 Å². The number of hydrogen-bond donors (Lipinski definition) is 1. The molecule has 8 nitrogen and oxygen atoms in total. The normalized spacial score (nSPS) is 14.2. The zero-order valence-electron chi connectivity index (χ0n) is 16.6. The smallest absolute Gasteiger partial charge is 0.277 e. The van der Waals surface area contributed by atoms with Gasteiger partial charge in [0.2, 0.25) is 10.1 Å². The Labute approximate surface area is 177 Å². The third kappa shape index (κ3) is 3.52. The number of anilines is 2. The second-order valence-corrected chi connectivity index (χ2v) is 8.28. The summed E-state index contributed by atoms with van der Waals surface area (Å²) in [6.07, 6.45) is 8.09. The third-order valence-electron chi connectivity index (χ3n) is 5.17. The third-order valence-corrected chi connectivity index (χ3v) is 6.14. The maximum atomic E-state index is 12.8. The summed E-state index contributed by atoms with van der Waals surface area (Å²) in [7, 11) is 0. The monoisotopic (exact) mass is 419 g/mol. The van der Waals surface area contributed by atoms with Gasteiger partial charge in [-0.1, -0.05) is 41.2 Å². The highest BCUT2D eigenvalue weighted by Crippen LogP contribution is 2.34. The lowest BCUT2D eigenvalue weighted by molar-refractivity contribution is 0.102. The molecule has 0 aliphatic carbocycles. The van der Waals surface area contributed by atoms with Gasteiger partial charge in [-0.2, -0.15) is 4.52 Å². The number of imidazole rings is 1. The fourth-order valence-corrected chi connectivity index (χ4v) is 4.52. The van der Waals surface area contributed by atoms with Crippen LogP contribution in [0.2, 0.25) is 0 Å². The van der Waals surface area contributed by atoms with Crippen molar-refractivity contribution in [1.29, 1.82) is 0 Å². The Balaban J connectivity index is 1.57. The van der Waals surface area contributed by atoms with Crippen LogP contribution in [0.1, 0.15) is 35.3 Å². The predicted molar refractivity (Wildman–Crippen MR) is 117 cm³/mol. The zero-order valence-corrected chi connectivity index (χ0v) is 17.4. The van der Waals surface area contributed by atoms with Gasteiger partial charge in [-0.05, 0) is 26.2 Å². The molecule has 1 aliphatic heterocycles. The standard InChI is InChI=1S/C21H21N7OS/c1-14-5-7-15(8-6-14)17-18(25-19(29)16-13-22-9-10-23-16)28-20(24-17)30-21(26-28)27-11-3-2-4-12-27/h5-10,13H,2-4,11-12H2,1H3,(H,25,29). The van der Waals surface area contributed by atoms with Gasteiger partial charge in [-0.25, -0.2) is 9.97 Å². The van der Waals surface area contributed by atoms with Crippen LogP contribution in [0.4, 0.5) is 10.9 Å². The molecule has 1 fully saturated rings. The van der Waals surface area contributed by atoms with Gasteiger partial charge in [-0.15, -0.1) is 5.10 Å². The highest BCUT2D eigenvalue weighted by molar-refractivity contribution is 7.20. The Morgan fingerprint density at radius 3 is 2.63 bits per heavy atom. The van der Waals surface area contributed by atoms with Gasteiger partial charge >= 0.3 is 0 Å². The average Bonchev–Trinajstić information content (AvgIpc) is 3.35. The van der Waals surface area contributed by atoms with E-state index < -0.39 is 0 Å². The number of carbonyl (C=O) groups is 1. The summed E-state index contributed by atoms with van der Waals surface area (Å²) in [4.78, 5) is 28.8. The molecule has 0 unspecified atom stereocenters. The lowest BCUT2D eigenvalue weighted by Crippen LogP contribution is -2.29. The van der Waals surface area contributed by atoms with E-state index in [4.69, 9.17) is 10.1 Å². The van der Waals surface area contributed by atoms with Crippen LogP contribution in [-0.4, -0.2) is 43.6 Å². The molecular formula is C21H21N7OS. The van der Waals surface area contributed by atoms with Gasteiger partial charge in [-0.3, -0.25) is 9.78 Å². The van der Waals surface area contributed by atoms with Crippen molar-refractivity contribution in [2.24, 2.45) is 0 Å². The summed E-state index contributed by atoms with van der Waals surface area (Å²) in [6.45, 7) is 4.05. The molecule has 1 amide bonds. The van der Waals surface area contributed by atoms with Gasteiger partial charge in [0.1, 0.15) is 11.4 Å². The van der Waals surface area contributed by atoms with Crippen LogP contribution in [0.25, 0.3) is 16.2 Å². The molecule has 4 heterocycles. The highest BCUT2D eigenvalue weighted by atomic mass is 32.1. The van der Waals surface area contributed by atoms with Crippen molar-refractivity contribution in [2.75, 3.05) is 23.3 Å². The van der Waals surface area contributed by atoms with Crippen molar-refractivity contribution >= 4 is 33.2 Å². The second kappa shape index (κ2) is 7.83. The molecule has 1 aliphatic rings. The Kier molecular flexibility index (Phi) is 4.88. The van der Waals surface area contributed by atoms with E-state index in [1.165, 1.54) is 37.9 Å². The maximum absolute atomic E-state index is 12.8. The minimum Gasteiger partial charge on any atom is -0.347 e. The number of hydrogen-bond acceptors (Lipinski definition) is 7. The van der Waals surface area contributed by atoms with Crippen LogP contribution in [0.5, 0.6) is 0 Å². The molecule has 3 aromatic heterocycles. The number of nitrogens with one attached hydrogen (secondary N) is 1. The number of piperidine rings is 1. The summed E-state index contributed by atoms with van der Waals surface area (Å²) in [5, 5.41) is 8.69. The molecule has 0 spiro atoms. The summed E-state index contributed by atoms with van der Waals surface area (Å²) < 4.78 is 1.73. The van der Waals surface area contributed by atoms with Crippen molar-refractivity contribution < 1.29 is 4.79 Å². The zero-order chi connectivity index (χ0) is 20.5. The molecule has 0 bridgehead atoms. The first-order valence-corrected chi connectivity index (χ1v) is 10.8. The molecule has 1 saturated heterocycles. The maximum Gasteiger partial charge on any atom is 0.277 e. The van der Waals surface area contributed by atoms with E-state index >= 15 is 0 Å². The molecule has 1 N–H and O–H groups in total. The van der Waals surface area contributed by atoms with Crippen molar-refractivity contribution in [3.63, 3.8) is 0 Å². The van der Waals surface area contributed by atoms with Crippen LogP contribution in [0.15, 0.2) is 42.9 Å². The number of carbonyl (C=O) groups excluding carboxylic acids is 1. The summed E-state index contributed by atoms with van der Waals surface area (Å²) in [5.74, 6) is 0.204. The Morgan fingerprint density at radius 2 is 1.90 bits per heavy atom. The van der Waals surface area contributed by atoms with Crippen LogP contribution in [0.3, 0.4) is 0 Å². The van der Waals surface area contributed by atoms with Crippen molar-refractivity contribution in [3.8, 4) is 11.3 Å². The Bertz CT molecular complexity index is 1180. The SMILES string of the molecule is Cc1ccc(-c2nc3sc(N4CCCCC4)nn3c2NC(=O)c2cnccn2)cc1. The topological polar surface area (TPSA) is 88.3 Å². The van der Waals surface area contributed by atoms with E-state index in [9.17, 15) is 4.79 Å². The first-order valence-electron chi connectivity index (χ1n) is 9.98. The Morgan fingerprint density at radius 1 is 1.10 bits per heavy atom. The van der Waals surface area contributed by atoms with Gasteiger partial charge in [0.15, 0.2) is 5.82 Å². The van der Waals surface area contributed by atoms with E-state index in [2.05, 4.69) is 20.2 Å². The number of benzene rings is 1. The number of nitrogens with zero attached hydrogens (tertiary/aromatic N) is 6. The number of amides is 1. The lowest BCUT2D eigenvalue weighted by atomic mass is 10.1. The van der Waals surface area contributed by atoms with E-state index in [-0.39, 0.29) is 11.6 Å². The fraction of sp³-hybridized carbons (Fsp3) is 0.286. The van der Waals surface area contributed by atoms with E-state index in [1.807, 2.05) is 31.2 Å². The van der Waals surface area contributed by atoms with Crippen LogP contribution >= 0.6 is 11.3 Å². The average molecular weight is 420 g/mol. The van der Waals surface area contributed by atoms with Crippen LogP contribution in [-0.2, 0) is 0 Å². The molecule has 9 heteroatoms. The molecule has 0 saturated carbocycles. The molecule has 0 radical (unpaired) electrons. The number of rotatable bonds is 4. The number of aryl methyl sites for hydroxylation is 1. The molecule has 1 aromatic carbocycles. The van der Waals surface area contributed by atoms with Gasteiger partial charge in [0, 0.05) is 31.0 Å². The minimum atomic E-state index is -0.342. The minimum absolute atomic E-state index is 0.244. The molecular weight excluding hydrogens is 398 g/mol. The molecule has 0 atom stereocenters. The number of fused-ring (bicyclic) bond motifs is 1. The fourth-order valence-electron chi connectivity index (χ4n) is 3.56. The highest BCUT2D eigenvalue weighted by Gasteiger charge is 2.23. The summed E-state index contributed by atoms with van der Waals surface area (Å²) >= 11 is 1.55. The summed E-state index contributed by atoms with van der Waals surface area (Å²) in [5.41, 5.74) is 3.02. The predicted octanol–water partition coefficient (Wildman–Crippen LogP) is 3.80. The number of aromatic nitrogens is 5. The van der Waals surface area contributed by atoms with Crippen molar-refractivity contribution in [3.05, 3.63) is 54.1 Å². The lowest BCUT2D eigenvalue weighted by Gasteiger charge is -2.25. The van der Waals surface area contributed by atoms with Gasteiger partial charge < -0.3 is 10.2 Å². The summed E-state index contributed by atoms with van der Waals surface area (Å²) in [6, 6.07) is 8.07. The van der Waals surface area contributed by atoms with Crippen molar-refractivity contribution in [2.45, 2.75) is 26.2 Å². The quantitative estimate of drug-likeness (QED) is 0.541. The molecule has 5 rings (SSSR count). The first-order chi connectivity index (χ1) is 14.7. The van der Waals surface area contributed by atoms with Gasteiger partial charge in [0.25, 0.3) is 5.91 Å². The van der Waals surface area contributed by atoms with E-state index in [1.54, 1.807) is 15.9 Å². The molecule has 4 aromatic rings. The van der Waals surface area contributed by atoms with Gasteiger partial charge in [0.05, 0.1) is 6.20 Å². The first kappa shape index (κ1) is 18.7. The van der Waals surface area contributed by atoms with E-state index in [0.717, 1.165) is 34.3 Å². The van der Waals surface area contributed by atoms with Crippen LogP contribution < -0.4 is 10.2 Å². The van der Waals surface area contributed by atoms with Crippen molar-refractivity contribution in [1.82, 2.24) is 24.6 Å². The molecule has 30 heavy (non-hydrogen) atoms. The molecule has 152 valence electrons.